The maximum absolute atomic E-state index is 13.2. The van der Waals surface area contributed by atoms with Gasteiger partial charge in [-0.25, -0.2) is 4.98 Å². The molecule has 0 saturated carbocycles. The molecule has 2 aromatic rings. The van der Waals surface area contributed by atoms with E-state index < -0.39 is 23.5 Å². The van der Waals surface area contributed by atoms with E-state index in [1.807, 2.05) is 57.5 Å². The lowest BCUT2D eigenvalue weighted by Crippen LogP contribution is -2.49. The molecule has 1 aliphatic rings. The van der Waals surface area contributed by atoms with E-state index in [0.29, 0.717) is 6.54 Å². The van der Waals surface area contributed by atoms with Crippen LogP contribution >= 0.6 is 11.3 Å². The normalized spacial score (nSPS) is 19.2. The zero-order valence-corrected chi connectivity index (χ0v) is 20.1. The van der Waals surface area contributed by atoms with Gasteiger partial charge in [-0.2, -0.15) is 0 Å². The summed E-state index contributed by atoms with van der Waals surface area (Å²) in [5.41, 5.74) is 4.48. The molecule has 2 amide bonds. The quantitative estimate of drug-likeness (QED) is 0.724. The van der Waals surface area contributed by atoms with Crippen LogP contribution in [-0.2, 0) is 16.1 Å². The number of hydrogen-bond acceptors (Lipinski definition) is 5. The summed E-state index contributed by atoms with van der Waals surface area (Å²) in [6.45, 7) is 8.28. The molecule has 32 heavy (non-hydrogen) atoms. The Bertz CT molecular complexity index is 1030. The molecular weight excluding hydrogens is 424 g/mol. The topological polar surface area (TPSA) is 86.9 Å². The van der Waals surface area contributed by atoms with Gasteiger partial charge in [0.15, 0.2) is 5.92 Å². The summed E-state index contributed by atoms with van der Waals surface area (Å²) in [6.07, 6.45) is -0.503. The van der Waals surface area contributed by atoms with E-state index in [4.69, 9.17) is 0 Å². The molecule has 1 fully saturated rings. The summed E-state index contributed by atoms with van der Waals surface area (Å²) < 4.78 is 0. The highest BCUT2D eigenvalue weighted by Gasteiger charge is 2.45. The van der Waals surface area contributed by atoms with Crippen LogP contribution < -0.4 is 5.32 Å². The lowest BCUT2D eigenvalue weighted by molar-refractivity contribution is -0.142. The highest BCUT2D eigenvalue weighted by Crippen LogP contribution is 2.31. The second-order valence-corrected chi connectivity index (χ2v) is 10.1. The van der Waals surface area contributed by atoms with Gasteiger partial charge in [0.1, 0.15) is 6.04 Å². The van der Waals surface area contributed by atoms with Crippen LogP contribution in [0.4, 0.5) is 0 Å². The fraction of sp³-hybridized carbons (Fsp3) is 0.500. The predicted octanol–water partition coefficient (Wildman–Crippen LogP) is 3.32. The molecule has 170 valence electrons. The fourth-order valence-electron chi connectivity index (χ4n) is 3.88. The number of amides is 2. The monoisotopic (exact) mass is 455 g/mol. The minimum Gasteiger partial charge on any atom is -0.391 e. The Morgan fingerprint density at radius 3 is 2.59 bits per heavy atom. The maximum atomic E-state index is 13.2. The predicted molar refractivity (Wildman–Crippen MR) is 126 cm³/mol. The lowest BCUT2D eigenvalue weighted by atomic mass is 9.80. The molecular formula is C24H31N4O3S+. The van der Waals surface area contributed by atoms with Gasteiger partial charge in [-0.1, -0.05) is 49.9 Å². The van der Waals surface area contributed by atoms with E-state index in [0.717, 1.165) is 21.7 Å². The highest BCUT2D eigenvalue weighted by molar-refractivity contribution is 7.13. The number of carbonyl (C=O) groups excluding carboxylic acids is 2. The van der Waals surface area contributed by atoms with Crippen LogP contribution in [0.15, 0.2) is 29.8 Å². The first-order valence-corrected chi connectivity index (χ1v) is 11.6. The van der Waals surface area contributed by atoms with E-state index >= 15 is 0 Å². The van der Waals surface area contributed by atoms with Crippen molar-refractivity contribution >= 4 is 23.2 Å². The number of nitrogens with one attached hydrogen (secondary N) is 1. The summed E-state index contributed by atoms with van der Waals surface area (Å²) in [5, 5.41) is 13.1. The molecule has 0 radical (unpaired) electrons. The number of β-amino-alcohol motifs (C(OH)–C–C–N with tert-alkyl or cyclic N) is 1. The van der Waals surface area contributed by atoms with Crippen molar-refractivity contribution in [1.82, 2.24) is 15.2 Å². The van der Waals surface area contributed by atoms with Crippen LogP contribution in [0.5, 0.6) is 0 Å². The molecule has 1 aromatic carbocycles. The zero-order chi connectivity index (χ0) is 23.5. The molecule has 7 nitrogen and oxygen atoms in total. The van der Waals surface area contributed by atoms with Crippen molar-refractivity contribution in [3.8, 4) is 16.5 Å². The van der Waals surface area contributed by atoms with E-state index in [-0.39, 0.29) is 24.8 Å². The Hall–Kier alpha value is -2.76. The molecule has 0 aliphatic carbocycles. The molecule has 0 bridgehead atoms. The molecule has 1 saturated heterocycles. The number of thiazole rings is 1. The van der Waals surface area contributed by atoms with Gasteiger partial charge in [0.25, 0.3) is 13.1 Å². The number of aryl methyl sites for hydroxylation is 1. The average Bonchev–Trinajstić information content (AvgIpc) is 3.35. The first kappa shape index (κ1) is 23.9. The minimum absolute atomic E-state index is 0.137. The van der Waals surface area contributed by atoms with Gasteiger partial charge in [0.05, 0.1) is 22.2 Å². The number of benzene rings is 1. The standard InChI is InChI=1S/C24H30N4O3S/c1-15-21(32-14-27-15)17-8-6-16(7-9-17)11-26-22(30)20-10-18(29)13-28(20)23(31)19(12-25-5)24(2,3)4/h6-9,14,18-20,29H,10-11,13H2,1-5H3/p+1/t18-,19?,20+/m1/s1. The summed E-state index contributed by atoms with van der Waals surface area (Å²) in [5.74, 6) is -1.08. The number of hydrogen-bond donors (Lipinski definition) is 2. The molecule has 3 rings (SSSR count). The van der Waals surface area contributed by atoms with Crippen molar-refractivity contribution in [2.24, 2.45) is 11.3 Å². The number of aliphatic hydroxyl groups excluding tert-OH is 1. The number of aromatic nitrogens is 1. The second kappa shape index (κ2) is 9.80. The molecule has 1 unspecified atom stereocenters. The van der Waals surface area contributed by atoms with Crippen LogP contribution in [0.25, 0.3) is 15.3 Å². The van der Waals surface area contributed by atoms with E-state index in [9.17, 15) is 14.7 Å². The minimum atomic E-state index is -0.726. The molecule has 3 atom stereocenters. The van der Waals surface area contributed by atoms with E-state index in [2.05, 4.69) is 21.2 Å². The summed E-state index contributed by atoms with van der Waals surface area (Å²) in [4.78, 5) is 37.0. The van der Waals surface area contributed by atoms with Gasteiger partial charge in [0, 0.05) is 19.5 Å². The number of aliphatic hydroxyl groups is 1. The van der Waals surface area contributed by atoms with Crippen LogP contribution in [0.3, 0.4) is 0 Å². The fourth-order valence-corrected chi connectivity index (χ4v) is 4.69. The van der Waals surface area contributed by atoms with E-state index in [1.54, 1.807) is 18.4 Å². The molecule has 8 heteroatoms. The third-order valence-electron chi connectivity index (χ3n) is 5.66. The van der Waals surface area contributed by atoms with Crippen LogP contribution in [0, 0.1) is 24.3 Å². The van der Waals surface area contributed by atoms with Crippen LogP contribution in [0.2, 0.25) is 0 Å². The third kappa shape index (κ3) is 5.34. The number of rotatable bonds is 5. The summed E-state index contributed by atoms with van der Waals surface area (Å²) in [7, 11) is 1.58. The van der Waals surface area contributed by atoms with Crippen molar-refractivity contribution in [3.05, 3.63) is 45.9 Å². The summed E-state index contributed by atoms with van der Waals surface area (Å²) >= 11 is 1.60. The van der Waals surface area contributed by atoms with Gasteiger partial charge in [-0.3, -0.25) is 9.59 Å². The van der Waals surface area contributed by atoms with Gasteiger partial charge >= 0.3 is 0 Å². The first-order valence-electron chi connectivity index (χ1n) is 10.7. The Balaban J connectivity index is 1.67. The Kier molecular flexibility index (Phi) is 7.32. The smallest absolute Gasteiger partial charge is 0.286 e. The highest BCUT2D eigenvalue weighted by atomic mass is 32.1. The lowest BCUT2D eigenvalue weighted by Gasteiger charge is -2.29. The Morgan fingerprint density at radius 2 is 2.03 bits per heavy atom. The number of nitrogens with zero attached hydrogens (tertiary/aromatic N) is 3. The SMILES string of the molecule is C[N+]#CC(C(=O)N1C[C@H](O)C[C@H]1C(=O)NCc1ccc(-c2scnc2C)cc1)C(C)(C)C. The molecule has 1 aromatic heterocycles. The van der Waals surface area contributed by atoms with Crippen molar-refractivity contribution in [2.45, 2.75) is 52.8 Å². The van der Waals surface area contributed by atoms with Crippen molar-refractivity contribution in [3.63, 3.8) is 0 Å². The molecule has 2 N–H and O–H groups in total. The number of likely N-dealkylation sites (tertiary alicyclic amines) is 1. The Morgan fingerprint density at radius 1 is 1.34 bits per heavy atom. The van der Waals surface area contributed by atoms with Gasteiger partial charge < -0.3 is 15.3 Å². The number of carbonyl (C=O) groups is 2. The zero-order valence-electron chi connectivity index (χ0n) is 19.3. The Labute approximate surface area is 193 Å². The maximum Gasteiger partial charge on any atom is 0.286 e. The van der Waals surface area contributed by atoms with Gasteiger partial charge in [-0.15, -0.1) is 11.3 Å². The van der Waals surface area contributed by atoms with Crippen molar-refractivity contribution in [1.29, 1.82) is 0 Å². The van der Waals surface area contributed by atoms with Crippen LogP contribution in [-0.4, -0.2) is 52.5 Å². The van der Waals surface area contributed by atoms with Gasteiger partial charge in [-0.05, 0) is 23.5 Å². The second-order valence-electron chi connectivity index (χ2n) is 9.23. The van der Waals surface area contributed by atoms with E-state index in [1.165, 1.54) is 4.90 Å². The van der Waals surface area contributed by atoms with Crippen molar-refractivity contribution < 1.29 is 14.7 Å². The van der Waals surface area contributed by atoms with Crippen LogP contribution in [0.1, 0.15) is 38.4 Å². The third-order valence-corrected chi connectivity index (χ3v) is 6.64. The average molecular weight is 456 g/mol. The first-order chi connectivity index (χ1) is 15.1. The largest absolute Gasteiger partial charge is 0.391 e. The molecule has 0 spiro atoms. The van der Waals surface area contributed by atoms with Gasteiger partial charge in [0.2, 0.25) is 11.8 Å². The molecule has 2 heterocycles. The van der Waals surface area contributed by atoms with Crippen molar-refractivity contribution in [2.75, 3.05) is 13.6 Å². The summed E-state index contributed by atoms with van der Waals surface area (Å²) in [6, 6.07) is 10.1. The molecule has 1 aliphatic heterocycles.